The highest BCUT2D eigenvalue weighted by Crippen LogP contribution is 2.35. The van der Waals surface area contributed by atoms with E-state index in [1.807, 2.05) is 0 Å². The minimum Gasteiger partial charge on any atom is -0.494 e. The average molecular weight is 233 g/mol. The molecule has 0 fully saturated rings. The van der Waals surface area contributed by atoms with Crippen LogP contribution in [0.1, 0.15) is 50.3 Å². The Morgan fingerprint density at radius 1 is 1.35 bits per heavy atom. The predicted octanol–water partition coefficient (Wildman–Crippen LogP) is 3.46. The van der Waals surface area contributed by atoms with Crippen LogP contribution < -0.4 is 10.1 Å². The molecule has 2 rings (SSSR count). The van der Waals surface area contributed by atoms with Crippen LogP contribution in [0.4, 0.5) is 0 Å². The van der Waals surface area contributed by atoms with Crippen LogP contribution in [0, 0.1) is 0 Å². The monoisotopic (exact) mass is 233 g/mol. The zero-order chi connectivity index (χ0) is 12.1. The molecule has 1 atom stereocenters. The van der Waals surface area contributed by atoms with Gasteiger partial charge in [0.25, 0.3) is 0 Å². The van der Waals surface area contributed by atoms with Crippen LogP contribution in [0.3, 0.4) is 0 Å². The Bertz CT molecular complexity index is 362. The van der Waals surface area contributed by atoms with E-state index in [0.717, 1.165) is 25.3 Å². The number of ether oxygens (including phenoxy) is 1. The van der Waals surface area contributed by atoms with Crippen LogP contribution in [0.25, 0.3) is 0 Å². The Hall–Kier alpha value is -1.02. The van der Waals surface area contributed by atoms with Gasteiger partial charge in [0.15, 0.2) is 0 Å². The highest BCUT2D eigenvalue weighted by Gasteiger charge is 2.21. The summed E-state index contributed by atoms with van der Waals surface area (Å²) in [6.45, 7) is 6.12. The molecule has 0 spiro atoms. The quantitative estimate of drug-likeness (QED) is 0.841. The van der Waals surface area contributed by atoms with E-state index in [1.165, 1.54) is 30.4 Å². The minimum atomic E-state index is 0.527. The molecule has 0 saturated heterocycles. The average Bonchev–Trinajstić information content (AvgIpc) is 2.37. The molecule has 17 heavy (non-hydrogen) atoms. The maximum absolute atomic E-state index is 5.73. The SMILES string of the molecule is CCCNC1CCCc2c(OCC)cccc21. The molecule has 2 heteroatoms. The van der Waals surface area contributed by atoms with Crippen molar-refractivity contribution >= 4 is 0 Å². The van der Waals surface area contributed by atoms with Gasteiger partial charge in [-0.3, -0.25) is 0 Å². The third-order valence-corrected chi connectivity index (χ3v) is 3.40. The number of hydrogen-bond donors (Lipinski definition) is 1. The molecule has 0 saturated carbocycles. The molecule has 0 aliphatic heterocycles. The maximum Gasteiger partial charge on any atom is 0.122 e. The summed E-state index contributed by atoms with van der Waals surface area (Å²) in [6.07, 6.45) is 4.87. The molecule has 2 nitrogen and oxygen atoms in total. The van der Waals surface area contributed by atoms with Gasteiger partial charge in [0.2, 0.25) is 0 Å². The molecule has 1 N–H and O–H groups in total. The van der Waals surface area contributed by atoms with E-state index in [9.17, 15) is 0 Å². The van der Waals surface area contributed by atoms with Crippen LogP contribution in [0.15, 0.2) is 18.2 Å². The van der Waals surface area contributed by atoms with Gasteiger partial charge >= 0.3 is 0 Å². The molecule has 0 aromatic heterocycles. The van der Waals surface area contributed by atoms with Crippen molar-refractivity contribution < 1.29 is 4.74 Å². The van der Waals surface area contributed by atoms with Crippen molar-refractivity contribution in [1.29, 1.82) is 0 Å². The second-order valence-electron chi connectivity index (χ2n) is 4.66. The van der Waals surface area contributed by atoms with Crippen LogP contribution in [-0.4, -0.2) is 13.2 Å². The van der Waals surface area contributed by atoms with E-state index in [-0.39, 0.29) is 0 Å². The topological polar surface area (TPSA) is 21.3 Å². The first-order valence-electron chi connectivity index (χ1n) is 6.84. The fourth-order valence-electron chi connectivity index (χ4n) is 2.64. The van der Waals surface area contributed by atoms with Gasteiger partial charge in [-0.25, -0.2) is 0 Å². The summed E-state index contributed by atoms with van der Waals surface area (Å²) in [5.41, 5.74) is 2.88. The van der Waals surface area contributed by atoms with E-state index in [2.05, 4.69) is 37.4 Å². The van der Waals surface area contributed by atoms with Gasteiger partial charge in [-0.15, -0.1) is 0 Å². The van der Waals surface area contributed by atoms with Crippen molar-refractivity contribution in [3.05, 3.63) is 29.3 Å². The first-order valence-corrected chi connectivity index (χ1v) is 6.84. The smallest absolute Gasteiger partial charge is 0.122 e. The van der Waals surface area contributed by atoms with Crippen molar-refractivity contribution in [2.75, 3.05) is 13.2 Å². The van der Waals surface area contributed by atoms with E-state index >= 15 is 0 Å². The normalized spacial score (nSPS) is 18.8. The number of hydrogen-bond acceptors (Lipinski definition) is 2. The zero-order valence-electron chi connectivity index (χ0n) is 11.0. The Morgan fingerprint density at radius 2 is 2.24 bits per heavy atom. The molecule has 1 aliphatic carbocycles. The molecule has 0 amide bonds. The highest BCUT2D eigenvalue weighted by molar-refractivity contribution is 5.43. The summed E-state index contributed by atoms with van der Waals surface area (Å²) in [6, 6.07) is 7.00. The van der Waals surface area contributed by atoms with Crippen LogP contribution in [0.5, 0.6) is 5.75 Å². The lowest BCUT2D eigenvalue weighted by Crippen LogP contribution is -2.26. The third kappa shape index (κ3) is 2.81. The van der Waals surface area contributed by atoms with Crippen molar-refractivity contribution in [3.63, 3.8) is 0 Å². The van der Waals surface area contributed by atoms with Crippen LogP contribution >= 0.6 is 0 Å². The van der Waals surface area contributed by atoms with E-state index in [1.54, 1.807) is 0 Å². The molecule has 1 aromatic rings. The van der Waals surface area contributed by atoms with E-state index in [4.69, 9.17) is 4.74 Å². The second-order valence-corrected chi connectivity index (χ2v) is 4.66. The molecule has 1 aromatic carbocycles. The zero-order valence-corrected chi connectivity index (χ0v) is 11.0. The van der Waals surface area contributed by atoms with Gasteiger partial charge < -0.3 is 10.1 Å². The van der Waals surface area contributed by atoms with Crippen molar-refractivity contribution in [2.24, 2.45) is 0 Å². The summed E-state index contributed by atoms with van der Waals surface area (Å²) in [4.78, 5) is 0. The summed E-state index contributed by atoms with van der Waals surface area (Å²) in [5.74, 6) is 1.09. The van der Waals surface area contributed by atoms with Crippen LogP contribution in [-0.2, 0) is 6.42 Å². The van der Waals surface area contributed by atoms with Crippen molar-refractivity contribution in [1.82, 2.24) is 5.32 Å². The summed E-state index contributed by atoms with van der Waals surface area (Å²) in [5, 5.41) is 3.64. The lowest BCUT2D eigenvalue weighted by molar-refractivity contribution is 0.331. The largest absolute Gasteiger partial charge is 0.494 e. The second kappa shape index (κ2) is 6.06. The van der Waals surface area contributed by atoms with Gasteiger partial charge in [-0.2, -0.15) is 0 Å². The molecule has 94 valence electrons. The van der Waals surface area contributed by atoms with Crippen molar-refractivity contribution in [2.45, 2.75) is 45.6 Å². The molecule has 1 unspecified atom stereocenters. The molecule has 0 bridgehead atoms. The first kappa shape index (κ1) is 12.4. The third-order valence-electron chi connectivity index (χ3n) is 3.40. The number of fused-ring (bicyclic) bond motifs is 1. The Kier molecular flexibility index (Phi) is 4.43. The summed E-state index contributed by atoms with van der Waals surface area (Å²) in [7, 11) is 0. The fourth-order valence-corrected chi connectivity index (χ4v) is 2.64. The molecular weight excluding hydrogens is 210 g/mol. The lowest BCUT2D eigenvalue weighted by atomic mass is 9.87. The van der Waals surface area contributed by atoms with Gasteiger partial charge in [-0.1, -0.05) is 19.1 Å². The van der Waals surface area contributed by atoms with E-state index < -0.39 is 0 Å². The van der Waals surface area contributed by atoms with Gasteiger partial charge in [0, 0.05) is 6.04 Å². The molecule has 0 radical (unpaired) electrons. The molecule has 1 aliphatic rings. The Labute approximate surface area is 104 Å². The lowest BCUT2D eigenvalue weighted by Gasteiger charge is -2.28. The standard InChI is InChI=1S/C15H23NO/c1-3-11-16-14-9-5-8-13-12(14)7-6-10-15(13)17-4-2/h6-7,10,14,16H,3-5,8-9,11H2,1-2H3. The van der Waals surface area contributed by atoms with Gasteiger partial charge in [-0.05, 0) is 56.3 Å². The van der Waals surface area contributed by atoms with E-state index in [0.29, 0.717) is 6.04 Å². The Balaban J connectivity index is 2.22. The molecular formula is C15H23NO. The maximum atomic E-state index is 5.73. The summed E-state index contributed by atoms with van der Waals surface area (Å²) >= 11 is 0. The minimum absolute atomic E-state index is 0.527. The fraction of sp³-hybridized carbons (Fsp3) is 0.600. The van der Waals surface area contributed by atoms with Crippen molar-refractivity contribution in [3.8, 4) is 5.75 Å². The molecule has 0 heterocycles. The van der Waals surface area contributed by atoms with Crippen LogP contribution in [0.2, 0.25) is 0 Å². The highest BCUT2D eigenvalue weighted by atomic mass is 16.5. The van der Waals surface area contributed by atoms with Gasteiger partial charge in [0.05, 0.1) is 6.61 Å². The first-order chi connectivity index (χ1) is 8.36. The number of nitrogens with one attached hydrogen (secondary N) is 1. The number of rotatable bonds is 5. The number of benzene rings is 1. The van der Waals surface area contributed by atoms with Gasteiger partial charge in [0.1, 0.15) is 5.75 Å². The summed E-state index contributed by atoms with van der Waals surface area (Å²) < 4.78 is 5.73. The predicted molar refractivity (Wildman–Crippen MR) is 71.6 cm³/mol. The Morgan fingerprint density at radius 3 is 3.00 bits per heavy atom.